The van der Waals surface area contributed by atoms with Crippen LogP contribution < -0.4 is 11.1 Å². The molecule has 1 heterocycles. The van der Waals surface area contributed by atoms with Gasteiger partial charge >= 0.3 is 0 Å². The first-order valence-electron chi connectivity index (χ1n) is 5.98. The predicted octanol–water partition coefficient (Wildman–Crippen LogP) is 1.92. The van der Waals surface area contributed by atoms with E-state index in [2.05, 4.69) is 22.1 Å². The van der Waals surface area contributed by atoms with Crippen molar-refractivity contribution in [1.82, 2.24) is 10.2 Å². The summed E-state index contributed by atoms with van der Waals surface area (Å²) in [6.07, 6.45) is 3.76. The van der Waals surface area contributed by atoms with Crippen molar-refractivity contribution < 1.29 is 4.79 Å². The lowest BCUT2D eigenvalue weighted by molar-refractivity contribution is -0.117. The fourth-order valence-electron chi connectivity index (χ4n) is 1.70. The molecule has 0 saturated heterocycles. The zero-order valence-corrected chi connectivity index (χ0v) is 10.5. The number of hydrogen-bond donors (Lipinski definition) is 3. The van der Waals surface area contributed by atoms with Crippen molar-refractivity contribution >= 4 is 11.6 Å². The van der Waals surface area contributed by atoms with Crippen molar-refractivity contribution in [3.63, 3.8) is 0 Å². The summed E-state index contributed by atoms with van der Waals surface area (Å²) in [5.41, 5.74) is 8.26. The molecule has 0 aliphatic rings. The third-order valence-electron chi connectivity index (χ3n) is 2.70. The molecule has 19 heavy (non-hydrogen) atoms. The molecule has 0 spiro atoms. The summed E-state index contributed by atoms with van der Waals surface area (Å²) in [5, 5.41) is 9.56. The molecule has 5 nitrogen and oxygen atoms in total. The van der Waals surface area contributed by atoms with Crippen LogP contribution in [0.5, 0.6) is 0 Å². The van der Waals surface area contributed by atoms with Gasteiger partial charge in [-0.25, -0.2) is 0 Å². The Morgan fingerprint density at radius 2 is 2.37 bits per heavy atom. The first-order chi connectivity index (χ1) is 9.20. The topological polar surface area (TPSA) is 83.8 Å². The highest BCUT2D eigenvalue weighted by Gasteiger charge is 2.11. The van der Waals surface area contributed by atoms with Gasteiger partial charge in [0, 0.05) is 17.4 Å². The molecule has 0 bridgehead atoms. The number of aromatic nitrogens is 2. The monoisotopic (exact) mass is 256 g/mol. The van der Waals surface area contributed by atoms with E-state index < -0.39 is 6.04 Å². The van der Waals surface area contributed by atoms with Crippen LogP contribution >= 0.6 is 0 Å². The van der Waals surface area contributed by atoms with Crippen molar-refractivity contribution in [3.05, 3.63) is 49.2 Å². The second kappa shape index (κ2) is 5.97. The van der Waals surface area contributed by atoms with E-state index in [0.29, 0.717) is 12.1 Å². The molecule has 2 rings (SSSR count). The van der Waals surface area contributed by atoms with Crippen LogP contribution in [0, 0.1) is 0 Å². The van der Waals surface area contributed by atoms with Crippen LogP contribution in [0.25, 0.3) is 11.3 Å². The number of aromatic amines is 1. The van der Waals surface area contributed by atoms with Crippen LogP contribution in [0.4, 0.5) is 5.69 Å². The normalized spacial score (nSPS) is 11.8. The molecular weight excluding hydrogens is 240 g/mol. The standard InChI is InChI=1S/C14H16N4O/c1-2-4-12(15)14(19)17-11-6-3-5-10(9-11)13-7-8-16-18-13/h2-3,5-9,12H,1,4,15H2,(H,16,18)(H,17,19). The van der Waals surface area contributed by atoms with Crippen LogP contribution in [-0.4, -0.2) is 22.1 Å². The second-order valence-corrected chi connectivity index (χ2v) is 4.17. The zero-order valence-electron chi connectivity index (χ0n) is 10.5. The van der Waals surface area contributed by atoms with E-state index in [-0.39, 0.29) is 5.91 Å². The second-order valence-electron chi connectivity index (χ2n) is 4.17. The number of carbonyl (C=O) groups excluding carboxylic acids is 1. The van der Waals surface area contributed by atoms with E-state index in [4.69, 9.17) is 5.73 Å². The van der Waals surface area contributed by atoms with Gasteiger partial charge in [0.1, 0.15) is 0 Å². The number of nitrogens with zero attached hydrogens (tertiary/aromatic N) is 1. The Morgan fingerprint density at radius 3 is 3.05 bits per heavy atom. The number of benzene rings is 1. The summed E-state index contributed by atoms with van der Waals surface area (Å²) in [4.78, 5) is 11.8. The van der Waals surface area contributed by atoms with Crippen molar-refractivity contribution in [2.24, 2.45) is 5.73 Å². The number of rotatable bonds is 5. The quantitative estimate of drug-likeness (QED) is 0.714. The molecule has 0 aliphatic heterocycles. The van der Waals surface area contributed by atoms with E-state index in [9.17, 15) is 4.79 Å². The first kappa shape index (κ1) is 13.0. The lowest BCUT2D eigenvalue weighted by Gasteiger charge is -2.11. The number of amides is 1. The van der Waals surface area contributed by atoms with Crippen LogP contribution in [0.2, 0.25) is 0 Å². The molecule has 0 saturated carbocycles. The Kier molecular flexibility index (Phi) is 4.10. The van der Waals surface area contributed by atoms with E-state index in [1.165, 1.54) is 0 Å². The Balaban J connectivity index is 2.11. The van der Waals surface area contributed by atoms with E-state index in [1.54, 1.807) is 12.3 Å². The highest BCUT2D eigenvalue weighted by atomic mass is 16.2. The van der Waals surface area contributed by atoms with Gasteiger partial charge in [-0.05, 0) is 24.6 Å². The Labute approximate surface area is 111 Å². The summed E-state index contributed by atoms with van der Waals surface area (Å²) in [7, 11) is 0. The molecule has 5 heteroatoms. The molecule has 1 amide bonds. The molecule has 0 radical (unpaired) electrons. The molecule has 0 fully saturated rings. The molecule has 1 atom stereocenters. The van der Waals surface area contributed by atoms with Crippen LogP contribution in [-0.2, 0) is 4.79 Å². The lowest BCUT2D eigenvalue weighted by atomic mass is 10.1. The zero-order chi connectivity index (χ0) is 13.7. The van der Waals surface area contributed by atoms with Crippen LogP contribution in [0.3, 0.4) is 0 Å². The number of anilines is 1. The highest BCUT2D eigenvalue weighted by Crippen LogP contribution is 2.20. The van der Waals surface area contributed by atoms with Crippen molar-refractivity contribution in [3.8, 4) is 11.3 Å². The maximum atomic E-state index is 11.8. The number of hydrogen-bond acceptors (Lipinski definition) is 3. The summed E-state index contributed by atoms with van der Waals surface area (Å²) in [6, 6.07) is 8.78. The number of nitrogens with one attached hydrogen (secondary N) is 2. The predicted molar refractivity (Wildman–Crippen MR) is 75.4 cm³/mol. The first-order valence-corrected chi connectivity index (χ1v) is 5.98. The average Bonchev–Trinajstić information content (AvgIpc) is 2.93. The summed E-state index contributed by atoms with van der Waals surface area (Å²) < 4.78 is 0. The summed E-state index contributed by atoms with van der Waals surface area (Å²) in [5.74, 6) is -0.221. The Hall–Kier alpha value is -2.40. The van der Waals surface area contributed by atoms with Gasteiger partial charge in [-0.3, -0.25) is 9.89 Å². The third-order valence-corrected chi connectivity index (χ3v) is 2.70. The van der Waals surface area contributed by atoms with Crippen LogP contribution in [0.1, 0.15) is 6.42 Å². The molecule has 1 aromatic carbocycles. The fraction of sp³-hybridized carbons (Fsp3) is 0.143. The van der Waals surface area contributed by atoms with Gasteiger partial charge in [-0.2, -0.15) is 5.10 Å². The number of carbonyl (C=O) groups is 1. The molecule has 1 aromatic heterocycles. The molecular formula is C14H16N4O. The summed E-state index contributed by atoms with van der Waals surface area (Å²) in [6.45, 7) is 3.57. The molecule has 0 aliphatic carbocycles. The van der Waals surface area contributed by atoms with Crippen molar-refractivity contribution in [2.75, 3.05) is 5.32 Å². The molecule has 4 N–H and O–H groups in total. The molecule has 98 valence electrons. The Morgan fingerprint density at radius 1 is 1.53 bits per heavy atom. The van der Waals surface area contributed by atoms with E-state index >= 15 is 0 Å². The van der Waals surface area contributed by atoms with E-state index in [0.717, 1.165) is 11.3 Å². The largest absolute Gasteiger partial charge is 0.325 e. The molecule has 1 unspecified atom stereocenters. The highest BCUT2D eigenvalue weighted by molar-refractivity contribution is 5.95. The summed E-state index contributed by atoms with van der Waals surface area (Å²) >= 11 is 0. The van der Waals surface area contributed by atoms with Gasteiger partial charge in [-0.1, -0.05) is 18.2 Å². The maximum absolute atomic E-state index is 11.8. The van der Waals surface area contributed by atoms with Crippen molar-refractivity contribution in [2.45, 2.75) is 12.5 Å². The van der Waals surface area contributed by atoms with E-state index in [1.807, 2.05) is 30.3 Å². The minimum absolute atomic E-state index is 0.221. The van der Waals surface area contributed by atoms with Crippen LogP contribution in [0.15, 0.2) is 49.2 Å². The van der Waals surface area contributed by atoms with Gasteiger partial charge in [-0.15, -0.1) is 6.58 Å². The number of nitrogens with two attached hydrogens (primary N) is 1. The minimum Gasteiger partial charge on any atom is -0.325 e. The van der Waals surface area contributed by atoms with Gasteiger partial charge in [0.15, 0.2) is 0 Å². The SMILES string of the molecule is C=CCC(N)C(=O)Nc1cccc(-c2ccn[nH]2)c1. The fourth-order valence-corrected chi connectivity index (χ4v) is 1.70. The molecule has 2 aromatic rings. The lowest BCUT2D eigenvalue weighted by Crippen LogP contribution is -2.35. The van der Waals surface area contributed by atoms with Gasteiger partial charge in [0.2, 0.25) is 5.91 Å². The van der Waals surface area contributed by atoms with Gasteiger partial charge in [0.05, 0.1) is 11.7 Å². The minimum atomic E-state index is -0.576. The third kappa shape index (κ3) is 3.29. The maximum Gasteiger partial charge on any atom is 0.241 e. The van der Waals surface area contributed by atoms with Crippen molar-refractivity contribution in [1.29, 1.82) is 0 Å². The number of H-pyrrole nitrogens is 1. The smallest absolute Gasteiger partial charge is 0.241 e. The van der Waals surface area contributed by atoms with Gasteiger partial charge < -0.3 is 11.1 Å². The van der Waals surface area contributed by atoms with Gasteiger partial charge in [0.25, 0.3) is 0 Å². The Bertz CT molecular complexity index is 563. The average molecular weight is 256 g/mol.